The van der Waals surface area contributed by atoms with E-state index >= 15 is 0 Å². The van der Waals surface area contributed by atoms with Crippen LogP contribution >= 0.6 is 0 Å². The van der Waals surface area contributed by atoms with E-state index in [2.05, 4.69) is 10.3 Å². The van der Waals surface area contributed by atoms with Crippen molar-refractivity contribution >= 4 is 11.0 Å². The first-order valence-electron chi connectivity index (χ1n) is 10.6. The second-order valence-electron chi connectivity index (χ2n) is 8.01. The summed E-state index contributed by atoms with van der Waals surface area (Å²) in [4.78, 5) is 0. The first-order valence-corrected chi connectivity index (χ1v) is 10.6. The van der Waals surface area contributed by atoms with Gasteiger partial charge in [0.05, 0.1) is 5.52 Å². The summed E-state index contributed by atoms with van der Waals surface area (Å²) in [6.07, 6.45) is -0.991. The molecule has 1 aliphatic rings. The normalized spacial score (nSPS) is 20.2. The van der Waals surface area contributed by atoms with Gasteiger partial charge in [-0.15, -0.1) is 5.10 Å². The van der Waals surface area contributed by atoms with E-state index < -0.39 is 17.4 Å². The number of rotatable bonds is 5. The van der Waals surface area contributed by atoms with Crippen molar-refractivity contribution in [2.24, 2.45) is 0 Å². The number of nitrogens with zero attached hydrogens (tertiary/aromatic N) is 3. The molecule has 2 atom stereocenters. The van der Waals surface area contributed by atoms with Crippen molar-refractivity contribution in [3.05, 3.63) is 132 Å². The summed E-state index contributed by atoms with van der Waals surface area (Å²) in [5.74, 6) is 0. The maximum absolute atomic E-state index is 11.9. The molecule has 2 unspecified atom stereocenters. The highest BCUT2D eigenvalue weighted by molar-refractivity contribution is 5.74. The number of ether oxygens (including phenoxy) is 1. The van der Waals surface area contributed by atoms with Crippen LogP contribution in [0.15, 0.2) is 115 Å². The molecule has 32 heavy (non-hydrogen) atoms. The monoisotopic (exact) mass is 419 g/mol. The molecule has 0 amide bonds. The van der Waals surface area contributed by atoms with Gasteiger partial charge in [-0.05, 0) is 28.8 Å². The van der Waals surface area contributed by atoms with Crippen LogP contribution in [0.4, 0.5) is 0 Å². The van der Waals surface area contributed by atoms with Crippen LogP contribution in [0.2, 0.25) is 0 Å². The molecule has 5 heteroatoms. The maximum atomic E-state index is 11.9. The molecule has 5 aromatic rings. The molecule has 1 N–H and O–H groups in total. The van der Waals surface area contributed by atoms with Crippen molar-refractivity contribution in [3.8, 4) is 0 Å². The zero-order chi connectivity index (χ0) is 21.6. The van der Waals surface area contributed by atoms with Gasteiger partial charge in [-0.25, -0.2) is 4.68 Å². The number of hydrogen-bond acceptors (Lipinski definition) is 4. The molecule has 4 aromatic carbocycles. The Morgan fingerprint density at radius 3 is 1.84 bits per heavy atom. The lowest BCUT2D eigenvalue weighted by atomic mass is 9.80. The highest BCUT2D eigenvalue weighted by Gasteiger charge is 2.78. The molecule has 6 rings (SSSR count). The van der Waals surface area contributed by atoms with Crippen molar-refractivity contribution in [2.45, 2.75) is 17.4 Å². The SMILES string of the molecule is OC(c1ccccc1)C1(n2nnc3ccccc32)OC1(c1ccccc1)c1ccccc1. The Balaban J connectivity index is 1.67. The van der Waals surface area contributed by atoms with E-state index in [1.807, 2.05) is 115 Å². The van der Waals surface area contributed by atoms with Crippen LogP contribution in [-0.2, 0) is 16.1 Å². The van der Waals surface area contributed by atoms with Crippen LogP contribution in [0.1, 0.15) is 22.8 Å². The minimum Gasteiger partial charge on any atom is -0.383 e. The van der Waals surface area contributed by atoms with E-state index in [-0.39, 0.29) is 0 Å². The Kier molecular flexibility index (Phi) is 4.21. The zero-order valence-corrected chi connectivity index (χ0v) is 17.2. The van der Waals surface area contributed by atoms with Gasteiger partial charge in [0.25, 0.3) is 0 Å². The lowest BCUT2D eigenvalue weighted by Crippen LogP contribution is -2.36. The first kappa shape index (κ1) is 18.9. The quantitative estimate of drug-likeness (QED) is 0.416. The number of epoxide rings is 1. The number of aliphatic hydroxyl groups excluding tert-OH is 1. The van der Waals surface area contributed by atoms with E-state index in [0.29, 0.717) is 0 Å². The summed E-state index contributed by atoms with van der Waals surface area (Å²) in [5, 5.41) is 20.8. The molecule has 156 valence electrons. The lowest BCUT2D eigenvalue weighted by molar-refractivity contribution is 0.0215. The van der Waals surface area contributed by atoms with Gasteiger partial charge in [0, 0.05) is 0 Å². The minimum absolute atomic E-state index is 0.748. The summed E-state index contributed by atoms with van der Waals surface area (Å²) in [6, 6.07) is 37.4. The van der Waals surface area contributed by atoms with Crippen molar-refractivity contribution in [2.75, 3.05) is 0 Å². The molecule has 1 aromatic heterocycles. The van der Waals surface area contributed by atoms with Crippen LogP contribution in [0.3, 0.4) is 0 Å². The van der Waals surface area contributed by atoms with Gasteiger partial charge >= 0.3 is 0 Å². The number of fused-ring (bicyclic) bond motifs is 1. The molecule has 1 fully saturated rings. The third kappa shape index (κ3) is 2.52. The third-order valence-electron chi connectivity index (χ3n) is 6.28. The standard InChI is InChI=1S/C27H21N3O2/c31-25(20-12-4-1-5-13-20)27(30-24-19-11-10-18-23(24)28-29-30)26(32-27,21-14-6-2-7-15-21)22-16-8-3-9-17-22/h1-19,25,31H. The number of hydrogen-bond donors (Lipinski definition) is 1. The van der Waals surface area contributed by atoms with Crippen LogP contribution in [0.25, 0.3) is 11.0 Å². The molecular formula is C27H21N3O2. The predicted molar refractivity (Wildman–Crippen MR) is 122 cm³/mol. The maximum Gasteiger partial charge on any atom is 0.232 e. The fraction of sp³-hybridized carbons (Fsp3) is 0.111. The smallest absolute Gasteiger partial charge is 0.232 e. The largest absolute Gasteiger partial charge is 0.383 e. The Bertz CT molecular complexity index is 1330. The molecule has 0 aliphatic carbocycles. The molecule has 0 spiro atoms. The molecule has 1 saturated heterocycles. The van der Waals surface area contributed by atoms with Crippen LogP contribution in [-0.4, -0.2) is 20.1 Å². The van der Waals surface area contributed by atoms with Crippen molar-refractivity contribution < 1.29 is 9.84 Å². The Labute approximate surface area is 185 Å². The van der Waals surface area contributed by atoms with Gasteiger partial charge in [-0.2, -0.15) is 0 Å². The molecule has 0 bridgehead atoms. The summed E-state index contributed by atoms with van der Waals surface area (Å²) >= 11 is 0. The van der Waals surface area contributed by atoms with E-state index in [9.17, 15) is 5.11 Å². The average molecular weight is 419 g/mol. The molecule has 1 aliphatic heterocycles. The van der Waals surface area contributed by atoms with Gasteiger partial charge in [-0.1, -0.05) is 108 Å². The lowest BCUT2D eigenvalue weighted by Gasteiger charge is -2.26. The second-order valence-corrected chi connectivity index (χ2v) is 8.01. The summed E-state index contributed by atoms with van der Waals surface area (Å²) in [5.41, 5.74) is 2.03. The molecular weight excluding hydrogens is 398 g/mol. The summed E-state index contributed by atoms with van der Waals surface area (Å²) in [7, 11) is 0. The molecule has 0 radical (unpaired) electrons. The zero-order valence-electron chi connectivity index (χ0n) is 17.2. The van der Waals surface area contributed by atoms with Crippen LogP contribution < -0.4 is 0 Å². The van der Waals surface area contributed by atoms with Crippen LogP contribution in [0, 0.1) is 0 Å². The van der Waals surface area contributed by atoms with Gasteiger partial charge in [-0.3, -0.25) is 0 Å². The highest BCUT2D eigenvalue weighted by atomic mass is 16.7. The highest BCUT2D eigenvalue weighted by Crippen LogP contribution is 2.68. The van der Waals surface area contributed by atoms with E-state index in [1.54, 1.807) is 4.68 Å². The van der Waals surface area contributed by atoms with Crippen LogP contribution in [0.5, 0.6) is 0 Å². The summed E-state index contributed by atoms with van der Waals surface area (Å²) in [6.45, 7) is 0. The van der Waals surface area contributed by atoms with Crippen molar-refractivity contribution in [3.63, 3.8) is 0 Å². The Morgan fingerprint density at radius 1 is 0.688 bits per heavy atom. The molecule has 0 saturated carbocycles. The van der Waals surface area contributed by atoms with Gasteiger partial charge in [0.15, 0.2) is 5.60 Å². The molecule has 5 nitrogen and oxygen atoms in total. The Morgan fingerprint density at radius 2 is 1.22 bits per heavy atom. The van der Waals surface area contributed by atoms with E-state index in [1.165, 1.54) is 0 Å². The second kappa shape index (κ2) is 7.12. The number of benzene rings is 4. The summed E-state index contributed by atoms with van der Waals surface area (Å²) < 4.78 is 8.49. The van der Waals surface area contributed by atoms with Crippen molar-refractivity contribution in [1.82, 2.24) is 15.0 Å². The fourth-order valence-corrected chi connectivity index (χ4v) is 4.78. The van der Waals surface area contributed by atoms with Gasteiger partial charge in [0.2, 0.25) is 5.72 Å². The Hall–Kier alpha value is -3.80. The van der Waals surface area contributed by atoms with Crippen molar-refractivity contribution in [1.29, 1.82) is 0 Å². The average Bonchev–Trinajstić information content (AvgIpc) is 3.41. The number of aromatic nitrogens is 3. The topological polar surface area (TPSA) is 63.5 Å². The third-order valence-corrected chi connectivity index (χ3v) is 6.28. The van der Waals surface area contributed by atoms with E-state index in [0.717, 1.165) is 27.7 Å². The van der Waals surface area contributed by atoms with Gasteiger partial charge < -0.3 is 9.84 Å². The fourth-order valence-electron chi connectivity index (χ4n) is 4.78. The number of aliphatic hydroxyl groups is 1. The van der Waals surface area contributed by atoms with E-state index in [4.69, 9.17) is 4.74 Å². The molecule has 2 heterocycles. The van der Waals surface area contributed by atoms with Gasteiger partial charge in [0.1, 0.15) is 11.6 Å². The number of para-hydroxylation sites is 1. The predicted octanol–water partition coefficient (Wildman–Crippen LogP) is 4.79. The first-order chi connectivity index (χ1) is 15.8. The minimum atomic E-state index is -1.22.